The molecule has 0 radical (unpaired) electrons. The fraction of sp³-hybridized carbons (Fsp3) is 0.263. The lowest BCUT2D eigenvalue weighted by Crippen LogP contribution is -2.28. The number of carbonyl (C=O) groups is 2. The third-order valence-corrected chi connectivity index (χ3v) is 5.51. The van der Waals surface area contributed by atoms with E-state index in [9.17, 15) is 9.59 Å². The number of hydrogen-bond acceptors (Lipinski definition) is 4. The van der Waals surface area contributed by atoms with Crippen LogP contribution in [0.5, 0.6) is 11.5 Å². The molecule has 1 N–H and O–H groups in total. The first-order valence-corrected chi connectivity index (χ1v) is 9.65. The van der Waals surface area contributed by atoms with Crippen LogP contribution >= 0.6 is 27.5 Å². The number of amides is 2. The van der Waals surface area contributed by atoms with Crippen LogP contribution in [0.15, 0.2) is 40.9 Å². The first-order chi connectivity index (χ1) is 13.0. The summed E-state index contributed by atoms with van der Waals surface area (Å²) >= 11 is 9.70. The quantitative estimate of drug-likeness (QED) is 0.769. The number of fused-ring (bicyclic) bond motifs is 1. The van der Waals surface area contributed by atoms with Crippen molar-refractivity contribution in [2.45, 2.75) is 6.42 Å². The summed E-state index contributed by atoms with van der Waals surface area (Å²) in [4.78, 5) is 26.7. The van der Waals surface area contributed by atoms with Crippen LogP contribution in [-0.2, 0) is 9.59 Å². The molecule has 2 aromatic carbocycles. The molecule has 2 aromatic rings. The Morgan fingerprint density at radius 3 is 2.63 bits per heavy atom. The standard InChI is InChI=1S/C19H16BrClN2O4/c20-12-3-1-2-4-15(12)23-10-11(7-18(23)24)19(25)22-14-9-17-16(8-13(14)21)26-5-6-27-17/h1-4,8-9,11H,5-7,10H2,(H,22,25). The van der Waals surface area contributed by atoms with Gasteiger partial charge in [0.15, 0.2) is 11.5 Å². The first-order valence-electron chi connectivity index (χ1n) is 8.48. The molecular weight excluding hydrogens is 436 g/mol. The van der Waals surface area contributed by atoms with Crippen LogP contribution in [0.2, 0.25) is 5.02 Å². The highest BCUT2D eigenvalue weighted by Gasteiger charge is 2.36. The van der Waals surface area contributed by atoms with Crippen LogP contribution in [0.3, 0.4) is 0 Å². The predicted octanol–water partition coefficient (Wildman–Crippen LogP) is 3.87. The van der Waals surface area contributed by atoms with Crippen molar-refractivity contribution in [3.8, 4) is 11.5 Å². The highest BCUT2D eigenvalue weighted by Crippen LogP contribution is 2.38. The van der Waals surface area contributed by atoms with Crippen molar-refractivity contribution in [2.75, 3.05) is 30.0 Å². The minimum absolute atomic E-state index is 0.0877. The average molecular weight is 452 g/mol. The zero-order valence-corrected chi connectivity index (χ0v) is 16.5. The summed E-state index contributed by atoms with van der Waals surface area (Å²) in [6.07, 6.45) is 0.148. The van der Waals surface area contributed by atoms with Gasteiger partial charge in [0, 0.05) is 29.6 Å². The summed E-state index contributed by atoms with van der Waals surface area (Å²) in [6.45, 7) is 1.22. The van der Waals surface area contributed by atoms with Gasteiger partial charge in [0.25, 0.3) is 0 Å². The molecule has 4 rings (SSSR count). The van der Waals surface area contributed by atoms with Gasteiger partial charge in [-0.2, -0.15) is 0 Å². The maximum Gasteiger partial charge on any atom is 0.229 e. The smallest absolute Gasteiger partial charge is 0.229 e. The van der Waals surface area contributed by atoms with Crippen LogP contribution < -0.4 is 19.7 Å². The van der Waals surface area contributed by atoms with E-state index >= 15 is 0 Å². The van der Waals surface area contributed by atoms with Crippen LogP contribution in [0.4, 0.5) is 11.4 Å². The van der Waals surface area contributed by atoms with Crippen molar-refractivity contribution in [3.63, 3.8) is 0 Å². The van der Waals surface area contributed by atoms with Gasteiger partial charge in [-0.15, -0.1) is 0 Å². The molecule has 1 fully saturated rings. The fourth-order valence-electron chi connectivity index (χ4n) is 3.18. The molecule has 1 atom stereocenters. The minimum atomic E-state index is -0.464. The van der Waals surface area contributed by atoms with Gasteiger partial charge < -0.3 is 19.7 Å². The van der Waals surface area contributed by atoms with E-state index in [4.69, 9.17) is 21.1 Å². The Bertz CT molecular complexity index is 921. The van der Waals surface area contributed by atoms with Crippen LogP contribution in [-0.4, -0.2) is 31.6 Å². The molecule has 27 heavy (non-hydrogen) atoms. The first kappa shape index (κ1) is 18.1. The Labute approximate surface area is 169 Å². The summed E-state index contributed by atoms with van der Waals surface area (Å²) in [5.41, 5.74) is 1.20. The van der Waals surface area contributed by atoms with E-state index in [2.05, 4.69) is 21.2 Å². The second-order valence-corrected chi connectivity index (χ2v) is 7.58. The Hall–Kier alpha value is -2.25. The molecule has 0 aliphatic carbocycles. The minimum Gasteiger partial charge on any atom is -0.486 e. The van der Waals surface area contributed by atoms with E-state index < -0.39 is 5.92 Å². The van der Waals surface area contributed by atoms with E-state index in [0.717, 1.165) is 10.2 Å². The molecular formula is C19H16BrClN2O4. The van der Waals surface area contributed by atoms with Gasteiger partial charge in [0.05, 0.1) is 22.3 Å². The predicted molar refractivity (Wildman–Crippen MR) is 106 cm³/mol. The molecule has 0 saturated carbocycles. The lowest BCUT2D eigenvalue weighted by atomic mass is 10.1. The molecule has 2 amide bonds. The van der Waals surface area contributed by atoms with Gasteiger partial charge >= 0.3 is 0 Å². The highest BCUT2D eigenvalue weighted by atomic mass is 79.9. The number of nitrogens with one attached hydrogen (secondary N) is 1. The van der Waals surface area contributed by atoms with Gasteiger partial charge in [-0.1, -0.05) is 23.7 Å². The number of nitrogens with zero attached hydrogens (tertiary/aromatic N) is 1. The Morgan fingerprint density at radius 2 is 1.89 bits per heavy atom. The number of benzene rings is 2. The molecule has 2 aliphatic heterocycles. The number of anilines is 2. The molecule has 2 aliphatic rings. The SMILES string of the molecule is O=C(Nc1cc2c(cc1Cl)OCCO2)C1CC(=O)N(c2ccccc2Br)C1. The van der Waals surface area contributed by atoms with Gasteiger partial charge in [-0.25, -0.2) is 0 Å². The highest BCUT2D eigenvalue weighted by molar-refractivity contribution is 9.10. The second kappa shape index (κ2) is 7.40. The van der Waals surface area contributed by atoms with Gasteiger partial charge in [0.2, 0.25) is 11.8 Å². The number of rotatable bonds is 3. The Kier molecular flexibility index (Phi) is 4.97. The molecule has 0 aromatic heterocycles. The third-order valence-electron chi connectivity index (χ3n) is 4.53. The largest absolute Gasteiger partial charge is 0.486 e. The van der Waals surface area contributed by atoms with Gasteiger partial charge in [0.1, 0.15) is 13.2 Å². The summed E-state index contributed by atoms with van der Waals surface area (Å²) in [5, 5.41) is 3.17. The third kappa shape index (κ3) is 3.61. The summed E-state index contributed by atoms with van der Waals surface area (Å²) in [6, 6.07) is 10.7. The molecule has 8 heteroatoms. The number of para-hydroxylation sites is 1. The zero-order valence-electron chi connectivity index (χ0n) is 14.2. The number of hydrogen-bond donors (Lipinski definition) is 1. The van der Waals surface area contributed by atoms with Crippen molar-refractivity contribution in [1.29, 1.82) is 0 Å². The summed E-state index contributed by atoms with van der Waals surface area (Å²) < 4.78 is 11.8. The molecule has 0 spiro atoms. The fourth-order valence-corrected chi connectivity index (χ4v) is 3.88. The van der Waals surface area contributed by atoms with E-state index in [0.29, 0.717) is 42.0 Å². The number of carbonyl (C=O) groups excluding carboxylic acids is 2. The number of ether oxygens (including phenoxy) is 2. The van der Waals surface area contributed by atoms with E-state index in [1.807, 2.05) is 24.3 Å². The van der Waals surface area contributed by atoms with Crippen molar-refractivity contribution >= 4 is 50.7 Å². The maximum absolute atomic E-state index is 12.7. The summed E-state index contributed by atoms with van der Waals surface area (Å²) in [5.74, 6) is 0.291. The van der Waals surface area contributed by atoms with Crippen LogP contribution in [0.25, 0.3) is 0 Å². The normalized spacial score (nSPS) is 18.5. The molecule has 1 saturated heterocycles. The zero-order chi connectivity index (χ0) is 19.0. The molecule has 140 valence electrons. The van der Waals surface area contributed by atoms with Gasteiger partial charge in [-0.3, -0.25) is 9.59 Å². The maximum atomic E-state index is 12.7. The lowest BCUT2D eigenvalue weighted by Gasteiger charge is -2.21. The Balaban J connectivity index is 1.50. The van der Waals surface area contributed by atoms with E-state index in [-0.39, 0.29) is 18.2 Å². The van der Waals surface area contributed by atoms with Crippen molar-refractivity contribution in [2.24, 2.45) is 5.92 Å². The topological polar surface area (TPSA) is 67.9 Å². The van der Waals surface area contributed by atoms with E-state index in [1.54, 1.807) is 17.0 Å². The van der Waals surface area contributed by atoms with Crippen molar-refractivity contribution < 1.29 is 19.1 Å². The molecule has 1 unspecified atom stereocenters. The second-order valence-electron chi connectivity index (χ2n) is 6.32. The lowest BCUT2D eigenvalue weighted by molar-refractivity contribution is -0.122. The molecule has 0 bridgehead atoms. The van der Waals surface area contributed by atoms with Gasteiger partial charge in [-0.05, 0) is 28.1 Å². The van der Waals surface area contributed by atoms with Crippen molar-refractivity contribution in [3.05, 3.63) is 45.9 Å². The average Bonchev–Trinajstić information content (AvgIpc) is 3.04. The van der Waals surface area contributed by atoms with Crippen LogP contribution in [0, 0.1) is 5.92 Å². The number of halogens is 2. The van der Waals surface area contributed by atoms with Crippen LogP contribution in [0.1, 0.15) is 6.42 Å². The van der Waals surface area contributed by atoms with Crippen molar-refractivity contribution in [1.82, 2.24) is 0 Å². The molecule has 2 heterocycles. The summed E-state index contributed by atoms with van der Waals surface area (Å²) in [7, 11) is 0. The molecule has 6 nitrogen and oxygen atoms in total. The van der Waals surface area contributed by atoms with E-state index in [1.165, 1.54) is 0 Å². The Morgan fingerprint density at radius 1 is 1.19 bits per heavy atom. The monoisotopic (exact) mass is 450 g/mol.